The molecule has 0 radical (unpaired) electrons. The van der Waals surface area contributed by atoms with Gasteiger partial charge >= 0.3 is 8.60 Å². The van der Waals surface area contributed by atoms with Gasteiger partial charge in [-0.05, 0) is 79.4 Å². The summed E-state index contributed by atoms with van der Waals surface area (Å²) in [6.45, 7) is 2.01. The average molecular weight is 623 g/mol. The number of thioether (sulfide) groups is 1. The van der Waals surface area contributed by atoms with Gasteiger partial charge in [-0.15, -0.1) is 11.8 Å². The lowest BCUT2D eigenvalue weighted by Crippen LogP contribution is -2.01. The highest BCUT2D eigenvalue weighted by Crippen LogP contribution is 2.43. The van der Waals surface area contributed by atoms with Crippen LogP contribution in [-0.2, 0) is 11.1 Å². The number of phenols is 1. The van der Waals surface area contributed by atoms with Crippen molar-refractivity contribution < 1.29 is 27.7 Å². The van der Waals surface area contributed by atoms with Gasteiger partial charge in [0.25, 0.3) is 9.03 Å². The van der Waals surface area contributed by atoms with E-state index in [1.54, 1.807) is 85.6 Å². The van der Waals surface area contributed by atoms with Crippen LogP contribution in [0.25, 0.3) is 0 Å². The highest BCUT2D eigenvalue weighted by Gasteiger charge is 2.19. The zero-order valence-electron chi connectivity index (χ0n) is 22.7. The van der Waals surface area contributed by atoms with Gasteiger partial charge in [-0.2, -0.15) is 0 Å². The van der Waals surface area contributed by atoms with Crippen molar-refractivity contribution in [3.8, 4) is 28.7 Å². The second-order valence-electron chi connectivity index (χ2n) is 8.17. The van der Waals surface area contributed by atoms with Gasteiger partial charge in [0.2, 0.25) is 0 Å². The Morgan fingerprint density at radius 1 is 0.738 bits per heavy atom. The summed E-state index contributed by atoms with van der Waals surface area (Å²) in [5.74, 6) is 2.67. The minimum absolute atomic E-state index is 0.0929. The normalized spacial score (nSPS) is 10.4. The Morgan fingerprint density at radius 2 is 1.21 bits per heavy atom. The second kappa shape index (κ2) is 17.1. The number of hydrogen-bond donors (Lipinski definition) is 1. The van der Waals surface area contributed by atoms with Gasteiger partial charge in [0, 0.05) is 35.2 Å². The molecule has 0 spiro atoms. The lowest BCUT2D eigenvalue weighted by Gasteiger charge is -2.18. The van der Waals surface area contributed by atoms with E-state index in [0.717, 1.165) is 10.5 Å². The van der Waals surface area contributed by atoms with E-state index < -0.39 is 8.60 Å². The molecule has 42 heavy (non-hydrogen) atoms. The Balaban J connectivity index is 0.000000227. The van der Waals surface area contributed by atoms with Crippen LogP contribution in [-0.4, -0.2) is 31.3 Å². The lowest BCUT2D eigenvalue weighted by molar-refractivity contribution is 0.252. The van der Waals surface area contributed by atoms with Crippen molar-refractivity contribution in [2.45, 2.75) is 18.4 Å². The zero-order chi connectivity index (χ0) is 29.4. The molecule has 0 saturated carbocycles. The van der Waals surface area contributed by atoms with Crippen molar-refractivity contribution in [1.82, 2.24) is 19.9 Å². The number of pyridine rings is 4. The molecule has 13 heteroatoms. The van der Waals surface area contributed by atoms with Crippen molar-refractivity contribution in [2.75, 3.05) is 6.26 Å². The fourth-order valence-corrected chi connectivity index (χ4v) is 5.12. The zero-order valence-corrected chi connectivity index (χ0v) is 25.4. The molecule has 0 aliphatic carbocycles. The highest BCUT2D eigenvalue weighted by atomic mass is 32.2. The van der Waals surface area contributed by atoms with Crippen LogP contribution in [0.5, 0.6) is 28.7 Å². The molecule has 0 aliphatic heterocycles. The molecular formula is C29H28N4O6P2S. The number of aryl methyl sites for hydroxylation is 1. The molecule has 1 aromatic carbocycles. The first-order valence-electron chi connectivity index (χ1n) is 12.4. The van der Waals surface area contributed by atoms with Crippen LogP contribution < -0.4 is 18.1 Å². The predicted molar refractivity (Wildman–Crippen MR) is 164 cm³/mol. The number of hydrogen-bond acceptors (Lipinski definition) is 11. The minimum atomic E-state index is -1.77. The third-order valence-corrected chi connectivity index (χ3v) is 7.54. The Morgan fingerprint density at radius 3 is 1.64 bits per heavy atom. The topological polar surface area (TPSA) is 118 Å². The van der Waals surface area contributed by atoms with Crippen LogP contribution in [0.4, 0.5) is 0 Å². The average Bonchev–Trinajstić information content (AvgIpc) is 3.04. The van der Waals surface area contributed by atoms with Crippen molar-refractivity contribution in [1.29, 1.82) is 0 Å². The van der Waals surface area contributed by atoms with Crippen molar-refractivity contribution in [3.05, 3.63) is 121 Å². The predicted octanol–water partition coefficient (Wildman–Crippen LogP) is 7.56. The van der Waals surface area contributed by atoms with Crippen molar-refractivity contribution in [3.63, 3.8) is 0 Å². The number of rotatable bonds is 12. The number of benzene rings is 1. The SMILES string of the molecule is CSc1cc(C)c(O)c(COP(Oc2cccnc2)Oc2cccnc2)c1.c1cncc(OPOc2cccnc2)c1. The fourth-order valence-electron chi connectivity index (χ4n) is 3.14. The van der Waals surface area contributed by atoms with Crippen molar-refractivity contribution in [2.24, 2.45) is 0 Å². The van der Waals surface area contributed by atoms with Gasteiger partial charge < -0.3 is 23.2 Å². The Labute approximate surface area is 251 Å². The Kier molecular flexibility index (Phi) is 12.6. The molecule has 10 nitrogen and oxygen atoms in total. The third-order valence-electron chi connectivity index (χ3n) is 5.13. The molecule has 4 aromatic heterocycles. The van der Waals surface area contributed by atoms with Crippen LogP contribution in [0.1, 0.15) is 11.1 Å². The van der Waals surface area contributed by atoms with E-state index in [1.165, 1.54) is 0 Å². The van der Waals surface area contributed by atoms with E-state index in [0.29, 0.717) is 28.6 Å². The molecule has 1 N–H and O–H groups in total. The highest BCUT2D eigenvalue weighted by molar-refractivity contribution is 7.98. The largest absolute Gasteiger partial charge is 0.507 e. The number of aromatic nitrogens is 4. The second-order valence-corrected chi connectivity index (χ2v) is 10.7. The summed E-state index contributed by atoms with van der Waals surface area (Å²) in [6, 6.07) is 18.2. The molecule has 0 bridgehead atoms. The quantitative estimate of drug-likeness (QED) is 0.110. The van der Waals surface area contributed by atoms with Crippen LogP contribution in [0.2, 0.25) is 0 Å². The van der Waals surface area contributed by atoms with E-state index >= 15 is 0 Å². The van der Waals surface area contributed by atoms with E-state index in [4.69, 9.17) is 22.6 Å². The molecule has 5 aromatic rings. The molecule has 4 heterocycles. The molecule has 5 rings (SSSR count). The van der Waals surface area contributed by atoms with E-state index in [-0.39, 0.29) is 21.4 Å². The van der Waals surface area contributed by atoms with Gasteiger partial charge in [-0.1, -0.05) is 0 Å². The van der Waals surface area contributed by atoms with E-state index in [9.17, 15) is 5.11 Å². The van der Waals surface area contributed by atoms with Gasteiger partial charge in [-0.25, -0.2) is 0 Å². The lowest BCUT2D eigenvalue weighted by atomic mass is 10.1. The summed E-state index contributed by atoms with van der Waals surface area (Å²) in [5.41, 5.74) is 1.47. The van der Waals surface area contributed by atoms with Crippen LogP contribution in [0.3, 0.4) is 0 Å². The molecular weight excluding hydrogens is 594 g/mol. The molecule has 0 fully saturated rings. The summed E-state index contributed by atoms with van der Waals surface area (Å²) in [6.07, 6.45) is 15.1. The Bertz CT molecular complexity index is 1400. The maximum atomic E-state index is 10.3. The fraction of sp³-hybridized carbons (Fsp3) is 0.103. The number of phenolic OH excluding ortho intramolecular Hbond substituents is 1. The summed E-state index contributed by atoms with van der Waals surface area (Å²) in [7, 11) is -1.86. The molecule has 0 amide bonds. The number of aromatic hydroxyl groups is 1. The van der Waals surface area contributed by atoms with Crippen LogP contribution >= 0.6 is 29.4 Å². The molecule has 0 atom stereocenters. The first-order chi connectivity index (χ1) is 20.6. The number of nitrogens with zero attached hydrogens (tertiary/aromatic N) is 4. The summed E-state index contributed by atoms with van der Waals surface area (Å²) in [4.78, 5) is 17.0. The monoisotopic (exact) mass is 622 g/mol. The smallest absolute Gasteiger partial charge is 0.463 e. The van der Waals surface area contributed by atoms with Gasteiger partial charge in [0.05, 0.1) is 31.4 Å². The summed E-state index contributed by atoms with van der Waals surface area (Å²) >= 11 is 1.60. The van der Waals surface area contributed by atoms with Gasteiger partial charge in [0.1, 0.15) is 28.7 Å². The molecule has 216 valence electrons. The molecule has 0 unspecified atom stereocenters. The first kappa shape index (κ1) is 30.9. The van der Waals surface area contributed by atoms with E-state index in [1.807, 2.05) is 49.6 Å². The van der Waals surface area contributed by atoms with Crippen molar-refractivity contribution >= 4 is 29.4 Å². The minimum Gasteiger partial charge on any atom is -0.507 e. The van der Waals surface area contributed by atoms with E-state index in [2.05, 4.69) is 19.9 Å². The molecule has 0 saturated heterocycles. The maximum Gasteiger partial charge on any atom is 0.463 e. The van der Waals surface area contributed by atoms with Gasteiger partial charge in [0.15, 0.2) is 0 Å². The third kappa shape index (κ3) is 10.4. The van der Waals surface area contributed by atoms with Crippen LogP contribution in [0, 0.1) is 6.92 Å². The van der Waals surface area contributed by atoms with Crippen LogP contribution in [0.15, 0.2) is 115 Å². The standard InChI is InChI=1S/C19H19N2O4PS.C10H9N2O2P/c1-14-9-18(27-2)10-15(19(14)22)13-23-26(24-16-5-3-7-20-11-16)25-17-6-4-8-21-12-17;1-3-9(7-11-5-1)13-15-14-10-4-2-6-12-8-10/h3-12,22H,13H2,1-2H3;1-8,15H. The van der Waals surface area contributed by atoms with Gasteiger partial charge in [-0.3, -0.25) is 24.5 Å². The summed E-state index contributed by atoms with van der Waals surface area (Å²) < 4.78 is 28.1. The summed E-state index contributed by atoms with van der Waals surface area (Å²) in [5, 5.41) is 10.3. The first-order valence-corrected chi connectivity index (χ1v) is 15.6. The Hall–Kier alpha value is -4.01. The maximum absolute atomic E-state index is 10.3. The molecule has 0 aliphatic rings.